The molecule has 1 aliphatic heterocycles. The molecular weight excluding hydrogens is 152 g/mol. The third kappa shape index (κ3) is 2.60. The molecule has 1 saturated heterocycles. The SMILES string of the molecule is C[SiH](C)C1CCOC(C)(C)C1. The van der Waals surface area contributed by atoms with Crippen LogP contribution >= 0.6 is 0 Å². The smallest absolute Gasteiger partial charge is 0.0626 e. The number of hydrogen-bond acceptors (Lipinski definition) is 1. The fraction of sp³-hybridized carbons (Fsp3) is 1.00. The van der Waals surface area contributed by atoms with Crippen LogP contribution in [0.15, 0.2) is 0 Å². The van der Waals surface area contributed by atoms with Crippen molar-refractivity contribution in [3.63, 3.8) is 0 Å². The van der Waals surface area contributed by atoms with Crippen LogP contribution < -0.4 is 0 Å². The van der Waals surface area contributed by atoms with E-state index in [1.807, 2.05) is 0 Å². The first-order valence-corrected chi connectivity index (χ1v) is 7.63. The summed E-state index contributed by atoms with van der Waals surface area (Å²) < 4.78 is 5.67. The van der Waals surface area contributed by atoms with Crippen molar-refractivity contribution in [1.82, 2.24) is 0 Å². The number of rotatable bonds is 1. The molecule has 0 aliphatic carbocycles. The minimum absolute atomic E-state index is 0.167. The van der Waals surface area contributed by atoms with E-state index in [0.29, 0.717) is 0 Å². The van der Waals surface area contributed by atoms with Gasteiger partial charge in [0.25, 0.3) is 0 Å². The maximum absolute atomic E-state index is 5.67. The molecule has 0 saturated carbocycles. The highest BCUT2D eigenvalue weighted by Crippen LogP contribution is 2.34. The molecule has 2 heteroatoms. The molecule has 0 bridgehead atoms. The zero-order valence-corrected chi connectivity index (χ0v) is 9.34. The Bertz CT molecular complexity index is 132. The fourth-order valence-electron chi connectivity index (χ4n) is 1.85. The summed E-state index contributed by atoms with van der Waals surface area (Å²) >= 11 is 0. The van der Waals surface area contributed by atoms with E-state index >= 15 is 0 Å². The average Bonchev–Trinajstić information content (AvgIpc) is 1.85. The van der Waals surface area contributed by atoms with Crippen LogP contribution in [0.4, 0.5) is 0 Å². The molecule has 0 N–H and O–H groups in total. The van der Waals surface area contributed by atoms with Gasteiger partial charge in [-0.15, -0.1) is 0 Å². The van der Waals surface area contributed by atoms with Crippen molar-refractivity contribution in [3.8, 4) is 0 Å². The summed E-state index contributed by atoms with van der Waals surface area (Å²) in [5.74, 6) is 0. The van der Waals surface area contributed by atoms with Gasteiger partial charge in [-0.2, -0.15) is 0 Å². The lowest BCUT2D eigenvalue weighted by Crippen LogP contribution is -2.35. The maximum atomic E-state index is 5.67. The van der Waals surface area contributed by atoms with Crippen LogP contribution in [0.3, 0.4) is 0 Å². The highest BCUT2D eigenvalue weighted by molar-refractivity contribution is 6.57. The summed E-state index contributed by atoms with van der Waals surface area (Å²) in [4.78, 5) is 0. The predicted molar refractivity (Wildman–Crippen MR) is 51.9 cm³/mol. The minimum atomic E-state index is -0.414. The van der Waals surface area contributed by atoms with Crippen molar-refractivity contribution < 1.29 is 4.74 Å². The van der Waals surface area contributed by atoms with E-state index < -0.39 is 8.80 Å². The fourth-order valence-corrected chi connectivity index (χ4v) is 3.69. The molecule has 0 aromatic rings. The van der Waals surface area contributed by atoms with E-state index in [4.69, 9.17) is 4.74 Å². The molecule has 0 spiro atoms. The molecule has 0 aromatic heterocycles. The third-order valence-electron chi connectivity index (χ3n) is 2.68. The van der Waals surface area contributed by atoms with Gasteiger partial charge >= 0.3 is 0 Å². The van der Waals surface area contributed by atoms with E-state index in [1.54, 1.807) is 0 Å². The van der Waals surface area contributed by atoms with Gasteiger partial charge in [0.15, 0.2) is 0 Å². The molecule has 1 aliphatic rings. The first-order valence-electron chi connectivity index (χ1n) is 4.65. The third-order valence-corrected chi connectivity index (χ3v) is 5.13. The van der Waals surface area contributed by atoms with E-state index in [1.165, 1.54) is 12.8 Å². The lowest BCUT2D eigenvalue weighted by molar-refractivity contribution is -0.0513. The Kier molecular flexibility index (Phi) is 2.76. The van der Waals surface area contributed by atoms with Crippen LogP contribution in [-0.2, 0) is 4.74 Å². The maximum Gasteiger partial charge on any atom is 0.0626 e. The molecule has 1 heterocycles. The lowest BCUT2D eigenvalue weighted by Gasteiger charge is -2.37. The van der Waals surface area contributed by atoms with Crippen LogP contribution in [0.1, 0.15) is 26.7 Å². The van der Waals surface area contributed by atoms with Crippen LogP contribution in [-0.4, -0.2) is 21.0 Å². The van der Waals surface area contributed by atoms with E-state index in [9.17, 15) is 0 Å². The van der Waals surface area contributed by atoms with E-state index in [-0.39, 0.29) is 5.60 Å². The van der Waals surface area contributed by atoms with Gasteiger partial charge in [0, 0.05) is 15.4 Å². The molecule has 1 atom stereocenters. The first kappa shape index (κ1) is 9.27. The highest BCUT2D eigenvalue weighted by atomic mass is 28.3. The molecular formula is C9H20OSi. The molecule has 1 rings (SSSR count). The van der Waals surface area contributed by atoms with Gasteiger partial charge in [0.1, 0.15) is 0 Å². The first-order chi connectivity index (χ1) is 5.01. The molecule has 1 nitrogen and oxygen atoms in total. The quantitative estimate of drug-likeness (QED) is 0.552. The summed E-state index contributed by atoms with van der Waals surface area (Å²) in [6.45, 7) is 10.3. The van der Waals surface area contributed by atoms with Crippen molar-refractivity contribution >= 4 is 8.80 Å². The Morgan fingerprint density at radius 3 is 2.36 bits per heavy atom. The van der Waals surface area contributed by atoms with Crippen molar-refractivity contribution in [2.45, 2.75) is 50.9 Å². The zero-order valence-electron chi connectivity index (χ0n) is 8.18. The highest BCUT2D eigenvalue weighted by Gasteiger charge is 2.30. The van der Waals surface area contributed by atoms with Crippen molar-refractivity contribution in [1.29, 1.82) is 0 Å². The molecule has 1 fully saturated rings. The van der Waals surface area contributed by atoms with Crippen LogP contribution in [0, 0.1) is 0 Å². The van der Waals surface area contributed by atoms with Gasteiger partial charge in [-0.25, -0.2) is 0 Å². The van der Waals surface area contributed by atoms with Crippen molar-refractivity contribution in [2.75, 3.05) is 6.61 Å². The van der Waals surface area contributed by atoms with E-state index in [0.717, 1.165) is 12.1 Å². The summed E-state index contributed by atoms with van der Waals surface area (Å²) in [6, 6.07) is 0. The number of ether oxygens (including phenoxy) is 1. The minimum Gasteiger partial charge on any atom is -0.376 e. The molecule has 0 amide bonds. The summed E-state index contributed by atoms with van der Waals surface area (Å²) in [7, 11) is -0.414. The number of hydrogen-bond donors (Lipinski definition) is 0. The van der Waals surface area contributed by atoms with Crippen LogP contribution in [0.25, 0.3) is 0 Å². The molecule has 0 aromatic carbocycles. The zero-order chi connectivity index (χ0) is 8.48. The van der Waals surface area contributed by atoms with Crippen LogP contribution in [0.5, 0.6) is 0 Å². The standard InChI is InChI=1S/C9H20OSi/c1-9(2)7-8(11(3)4)5-6-10-9/h8,11H,5-7H2,1-4H3. The van der Waals surface area contributed by atoms with E-state index in [2.05, 4.69) is 26.9 Å². The summed E-state index contributed by atoms with van der Waals surface area (Å²) in [5, 5.41) is 0. The monoisotopic (exact) mass is 172 g/mol. The molecule has 1 unspecified atom stereocenters. The van der Waals surface area contributed by atoms with Gasteiger partial charge in [-0.3, -0.25) is 0 Å². The topological polar surface area (TPSA) is 9.23 Å². The van der Waals surface area contributed by atoms with Crippen molar-refractivity contribution in [3.05, 3.63) is 0 Å². The summed E-state index contributed by atoms with van der Waals surface area (Å²) in [6.07, 6.45) is 2.60. The molecule has 0 radical (unpaired) electrons. The van der Waals surface area contributed by atoms with Gasteiger partial charge in [0.2, 0.25) is 0 Å². The van der Waals surface area contributed by atoms with Crippen LogP contribution in [0.2, 0.25) is 18.6 Å². The second-order valence-electron chi connectivity index (χ2n) is 4.61. The second kappa shape index (κ2) is 3.28. The van der Waals surface area contributed by atoms with Gasteiger partial charge in [0.05, 0.1) is 5.60 Å². The largest absolute Gasteiger partial charge is 0.376 e. The summed E-state index contributed by atoms with van der Waals surface area (Å²) in [5.41, 5.74) is 1.18. The second-order valence-corrected chi connectivity index (χ2v) is 8.04. The van der Waals surface area contributed by atoms with Gasteiger partial charge < -0.3 is 4.74 Å². The Balaban J connectivity index is 2.46. The Morgan fingerprint density at radius 1 is 1.36 bits per heavy atom. The Morgan fingerprint density at radius 2 is 2.00 bits per heavy atom. The lowest BCUT2D eigenvalue weighted by atomic mass is 9.98. The average molecular weight is 172 g/mol. The van der Waals surface area contributed by atoms with Crippen molar-refractivity contribution in [2.24, 2.45) is 0 Å². The van der Waals surface area contributed by atoms with Gasteiger partial charge in [-0.05, 0) is 32.2 Å². The Hall–Kier alpha value is 0.177. The molecule has 66 valence electrons. The normalized spacial score (nSPS) is 30.8. The van der Waals surface area contributed by atoms with Gasteiger partial charge in [-0.1, -0.05) is 13.1 Å². The predicted octanol–water partition coefficient (Wildman–Crippen LogP) is 2.43. The Labute approximate surface area is 71.7 Å². The molecule has 11 heavy (non-hydrogen) atoms.